The molecule has 1 unspecified atom stereocenters. The van der Waals surface area contributed by atoms with Crippen LogP contribution in [0.5, 0.6) is 0 Å². The molecule has 1 aromatic heterocycles. The second-order valence-electron chi connectivity index (χ2n) is 7.08. The molecule has 0 saturated heterocycles. The van der Waals surface area contributed by atoms with Crippen molar-refractivity contribution in [2.75, 3.05) is 29.9 Å². The summed E-state index contributed by atoms with van der Waals surface area (Å²) in [5.74, 6) is -1.72. The van der Waals surface area contributed by atoms with Crippen LogP contribution in [-0.4, -0.2) is 41.5 Å². The molecular weight excluding hydrogens is 421 g/mol. The van der Waals surface area contributed by atoms with E-state index >= 15 is 0 Å². The van der Waals surface area contributed by atoms with E-state index < -0.39 is 36.5 Å². The van der Waals surface area contributed by atoms with Crippen molar-refractivity contribution < 1.29 is 27.1 Å². The molecule has 10 heteroatoms. The molecule has 3 rings (SSSR count). The number of nitrogens with one attached hydrogen (secondary N) is 2. The van der Waals surface area contributed by atoms with Crippen molar-refractivity contribution in [2.24, 2.45) is 0 Å². The lowest BCUT2D eigenvalue weighted by Crippen LogP contribution is -2.58. The number of aromatic amines is 1. The minimum Gasteiger partial charge on any atom is -0.381 e. The zero-order valence-corrected chi connectivity index (χ0v) is 16.4. The van der Waals surface area contributed by atoms with Gasteiger partial charge in [0.15, 0.2) is 5.60 Å². The molecule has 31 heavy (non-hydrogen) atoms. The van der Waals surface area contributed by atoms with E-state index in [9.17, 15) is 31.9 Å². The van der Waals surface area contributed by atoms with Crippen LogP contribution >= 0.6 is 0 Å². The van der Waals surface area contributed by atoms with Crippen LogP contribution in [0.2, 0.25) is 0 Å². The Labute approximate surface area is 174 Å². The Morgan fingerprint density at radius 2 is 1.84 bits per heavy atom. The van der Waals surface area contributed by atoms with Gasteiger partial charge in [-0.2, -0.15) is 13.2 Å². The summed E-state index contributed by atoms with van der Waals surface area (Å²) >= 11 is 0. The normalized spacial score (nSPS) is 13.8. The number of hydrogen-bond acceptors (Lipinski definition) is 4. The first-order valence-corrected chi connectivity index (χ1v) is 9.39. The van der Waals surface area contributed by atoms with Gasteiger partial charge in [0, 0.05) is 29.8 Å². The smallest absolute Gasteiger partial charge is 0.381 e. The van der Waals surface area contributed by atoms with E-state index in [2.05, 4.69) is 10.3 Å². The third kappa shape index (κ3) is 4.79. The lowest BCUT2D eigenvalue weighted by molar-refractivity contribution is -0.250. The van der Waals surface area contributed by atoms with Gasteiger partial charge in [0.2, 0.25) is 5.56 Å². The van der Waals surface area contributed by atoms with Crippen LogP contribution in [0.15, 0.2) is 53.3 Å². The lowest BCUT2D eigenvalue weighted by Gasteiger charge is -2.36. The molecule has 0 bridgehead atoms. The summed E-state index contributed by atoms with van der Waals surface area (Å²) in [6, 6.07) is 9.76. The minimum absolute atomic E-state index is 0.103. The van der Waals surface area contributed by atoms with Gasteiger partial charge in [-0.15, -0.1) is 0 Å². The number of fused-ring (bicyclic) bond motifs is 1. The molecule has 0 spiro atoms. The van der Waals surface area contributed by atoms with Gasteiger partial charge in [-0.05, 0) is 37.3 Å². The number of halogens is 5. The first-order valence-electron chi connectivity index (χ1n) is 9.39. The van der Waals surface area contributed by atoms with Gasteiger partial charge in [-0.25, -0.2) is 8.78 Å². The average Bonchev–Trinajstić information content (AvgIpc) is 2.71. The molecule has 166 valence electrons. The van der Waals surface area contributed by atoms with Crippen LogP contribution in [0.1, 0.15) is 6.92 Å². The maximum Gasteiger partial charge on any atom is 0.420 e. The molecule has 0 aliphatic heterocycles. The fraction of sp³-hybridized carbons (Fsp3) is 0.286. The van der Waals surface area contributed by atoms with Crippen LogP contribution in [0.4, 0.5) is 33.3 Å². The summed E-state index contributed by atoms with van der Waals surface area (Å²) in [5, 5.41) is 13.6. The second kappa shape index (κ2) is 8.54. The molecular formula is C21H20F5N3O2. The van der Waals surface area contributed by atoms with Gasteiger partial charge in [0.25, 0.3) is 0 Å². The van der Waals surface area contributed by atoms with Crippen LogP contribution in [0.25, 0.3) is 10.9 Å². The summed E-state index contributed by atoms with van der Waals surface area (Å²) in [6.07, 6.45) is -5.07. The van der Waals surface area contributed by atoms with Gasteiger partial charge in [0.05, 0.1) is 24.3 Å². The number of H-pyrrole nitrogens is 1. The van der Waals surface area contributed by atoms with E-state index in [1.807, 2.05) is 0 Å². The lowest BCUT2D eigenvalue weighted by atomic mass is 10.0. The van der Waals surface area contributed by atoms with Crippen molar-refractivity contribution in [3.8, 4) is 0 Å². The van der Waals surface area contributed by atoms with E-state index in [0.29, 0.717) is 10.9 Å². The molecule has 0 amide bonds. The standard InChI is InChI=1S/C21H20F5N3O2/c1-2-29(18-10-13(22)6-8-15(18)23)12-20(31,21(24,25)26)11-27-16-4-3-5-17-14(16)7-9-19(30)28-17/h3-10,27,31H,2,11-12H2,1H3,(H,28,30). The molecule has 5 nitrogen and oxygen atoms in total. The van der Waals surface area contributed by atoms with E-state index in [1.165, 1.54) is 31.2 Å². The Bertz CT molecular complexity index is 1130. The van der Waals surface area contributed by atoms with Crippen molar-refractivity contribution in [1.29, 1.82) is 0 Å². The fourth-order valence-electron chi connectivity index (χ4n) is 3.24. The Morgan fingerprint density at radius 3 is 2.52 bits per heavy atom. The van der Waals surface area contributed by atoms with Gasteiger partial charge in [-0.1, -0.05) is 6.07 Å². The summed E-state index contributed by atoms with van der Waals surface area (Å²) in [6.45, 7) is -0.617. The number of alkyl halides is 3. The molecule has 1 atom stereocenters. The van der Waals surface area contributed by atoms with Gasteiger partial charge >= 0.3 is 6.18 Å². The number of aliphatic hydroxyl groups is 1. The minimum atomic E-state index is -5.07. The highest BCUT2D eigenvalue weighted by molar-refractivity contribution is 5.91. The van der Waals surface area contributed by atoms with Crippen molar-refractivity contribution in [3.63, 3.8) is 0 Å². The van der Waals surface area contributed by atoms with Crippen molar-refractivity contribution in [3.05, 3.63) is 70.5 Å². The second-order valence-corrected chi connectivity index (χ2v) is 7.08. The van der Waals surface area contributed by atoms with Crippen molar-refractivity contribution >= 4 is 22.3 Å². The third-order valence-corrected chi connectivity index (χ3v) is 4.95. The first kappa shape index (κ1) is 22.5. The molecule has 0 radical (unpaired) electrons. The highest BCUT2D eigenvalue weighted by Gasteiger charge is 2.54. The van der Waals surface area contributed by atoms with E-state index in [0.717, 1.165) is 23.1 Å². The summed E-state index contributed by atoms with van der Waals surface area (Å²) in [4.78, 5) is 14.9. The van der Waals surface area contributed by atoms with Gasteiger partial charge in [-0.3, -0.25) is 4.79 Å². The third-order valence-electron chi connectivity index (χ3n) is 4.95. The number of benzene rings is 2. The van der Waals surface area contributed by atoms with Crippen LogP contribution in [-0.2, 0) is 0 Å². The number of nitrogens with zero attached hydrogens (tertiary/aromatic N) is 1. The number of likely N-dealkylation sites (N-methyl/N-ethyl adjacent to an activating group) is 1. The number of aromatic nitrogens is 1. The monoisotopic (exact) mass is 441 g/mol. The quantitative estimate of drug-likeness (QED) is 0.484. The fourth-order valence-corrected chi connectivity index (χ4v) is 3.24. The predicted octanol–water partition coefficient (Wildman–Crippen LogP) is 4.04. The molecule has 2 aromatic carbocycles. The molecule has 0 fully saturated rings. The SMILES string of the molecule is CCN(CC(O)(CNc1cccc2[nH]c(=O)ccc12)C(F)(F)F)c1cc(F)ccc1F. The van der Waals surface area contributed by atoms with Crippen LogP contribution in [0, 0.1) is 11.6 Å². The van der Waals surface area contributed by atoms with Crippen LogP contribution < -0.4 is 15.8 Å². The highest BCUT2D eigenvalue weighted by atomic mass is 19.4. The summed E-state index contributed by atoms with van der Waals surface area (Å²) in [5.41, 5.74) is -3.37. The zero-order valence-electron chi connectivity index (χ0n) is 16.4. The molecule has 0 aliphatic rings. The van der Waals surface area contributed by atoms with Crippen LogP contribution in [0.3, 0.4) is 0 Å². The van der Waals surface area contributed by atoms with Gasteiger partial charge < -0.3 is 20.3 Å². The maximum atomic E-state index is 14.1. The molecule has 3 N–H and O–H groups in total. The predicted molar refractivity (Wildman–Crippen MR) is 108 cm³/mol. The van der Waals surface area contributed by atoms with E-state index in [4.69, 9.17) is 0 Å². The molecule has 1 heterocycles. The van der Waals surface area contributed by atoms with E-state index in [-0.39, 0.29) is 23.5 Å². The maximum absolute atomic E-state index is 14.1. The topological polar surface area (TPSA) is 68.4 Å². The Morgan fingerprint density at radius 1 is 1.10 bits per heavy atom. The number of anilines is 2. The van der Waals surface area contributed by atoms with Gasteiger partial charge in [0.1, 0.15) is 11.6 Å². The molecule has 0 saturated carbocycles. The number of pyridine rings is 1. The molecule has 0 aliphatic carbocycles. The number of rotatable bonds is 7. The Kier molecular flexibility index (Phi) is 6.21. The average molecular weight is 441 g/mol. The van der Waals surface area contributed by atoms with Crippen molar-refractivity contribution in [1.82, 2.24) is 4.98 Å². The first-order chi connectivity index (χ1) is 14.5. The van der Waals surface area contributed by atoms with Crippen molar-refractivity contribution in [2.45, 2.75) is 18.7 Å². The summed E-state index contributed by atoms with van der Waals surface area (Å²) in [7, 11) is 0. The Balaban J connectivity index is 1.91. The number of hydrogen-bond donors (Lipinski definition) is 3. The highest BCUT2D eigenvalue weighted by Crippen LogP contribution is 2.34. The zero-order chi connectivity index (χ0) is 22.8. The van der Waals surface area contributed by atoms with E-state index in [1.54, 1.807) is 6.07 Å². The summed E-state index contributed by atoms with van der Waals surface area (Å²) < 4.78 is 69.2. The Hall–Kier alpha value is -3.14. The molecule has 3 aromatic rings. The largest absolute Gasteiger partial charge is 0.420 e.